The molecule has 4 nitrogen and oxygen atoms in total. The predicted molar refractivity (Wildman–Crippen MR) is 65.9 cm³/mol. The monoisotopic (exact) mass is 244 g/mol. The summed E-state index contributed by atoms with van der Waals surface area (Å²) in [6.45, 7) is 1.92. The molecule has 0 saturated carbocycles. The highest BCUT2D eigenvalue weighted by molar-refractivity contribution is 5.91. The van der Waals surface area contributed by atoms with Crippen LogP contribution >= 0.6 is 0 Å². The van der Waals surface area contributed by atoms with E-state index in [9.17, 15) is 9.90 Å². The molecule has 92 valence electrons. The number of carbonyl (C=O) groups is 1. The first-order valence-corrected chi connectivity index (χ1v) is 5.37. The lowest BCUT2D eigenvalue weighted by Gasteiger charge is -2.06. The first-order chi connectivity index (χ1) is 8.56. The number of hydrogen-bond donors (Lipinski definition) is 2. The minimum atomic E-state index is -0.559. The van der Waals surface area contributed by atoms with E-state index in [1.807, 2.05) is 6.92 Å². The summed E-state index contributed by atoms with van der Waals surface area (Å²) in [5, 5.41) is 18.6. The normalized spacial score (nSPS) is 10.1. The zero-order valence-corrected chi connectivity index (χ0v) is 9.75. The van der Waals surface area contributed by atoms with Gasteiger partial charge in [0, 0.05) is 6.07 Å². The number of phenolic OH excluding ortho intramolecular Hbond substituents is 2. The van der Waals surface area contributed by atoms with E-state index in [0.717, 1.165) is 11.6 Å². The highest BCUT2D eigenvalue weighted by atomic mass is 16.5. The zero-order chi connectivity index (χ0) is 13.1. The van der Waals surface area contributed by atoms with Crippen LogP contribution in [-0.2, 0) is 0 Å². The summed E-state index contributed by atoms with van der Waals surface area (Å²) in [5.74, 6) is -0.924. The second-order valence-corrected chi connectivity index (χ2v) is 3.91. The van der Waals surface area contributed by atoms with Crippen molar-refractivity contribution < 1.29 is 19.7 Å². The maximum Gasteiger partial charge on any atom is 0.343 e. The summed E-state index contributed by atoms with van der Waals surface area (Å²) in [6.07, 6.45) is 0. The van der Waals surface area contributed by atoms with E-state index < -0.39 is 5.97 Å². The maximum atomic E-state index is 11.8. The van der Waals surface area contributed by atoms with Crippen LogP contribution in [0.3, 0.4) is 0 Å². The van der Waals surface area contributed by atoms with Crippen molar-refractivity contribution in [2.75, 3.05) is 0 Å². The number of phenols is 2. The molecule has 0 aliphatic heterocycles. The fraction of sp³-hybridized carbons (Fsp3) is 0.0714. The molecule has 0 aliphatic carbocycles. The first kappa shape index (κ1) is 12.0. The van der Waals surface area contributed by atoms with Crippen molar-refractivity contribution >= 4 is 5.97 Å². The quantitative estimate of drug-likeness (QED) is 0.629. The number of aryl methyl sites for hydroxylation is 1. The number of rotatable bonds is 2. The van der Waals surface area contributed by atoms with Crippen molar-refractivity contribution in [3.05, 3.63) is 53.6 Å². The van der Waals surface area contributed by atoms with Gasteiger partial charge in [0.15, 0.2) is 11.5 Å². The number of carbonyl (C=O) groups excluding carboxylic acids is 1. The van der Waals surface area contributed by atoms with Crippen molar-refractivity contribution in [3.8, 4) is 17.2 Å². The Bertz CT molecular complexity index is 573. The lowest BCUT2D eigenvalue weighted by Crippen LogP contribution is -2.08. The molecule has 2 N–H and O–H groups in total. The van der Waals surface area contributed by atoms with Gasteiger partial charge in [-0.15, -0.1) is 0 Å². The van der Waals surface area contributed by atoms with Crippen LogP contribution in [0.2, 0.25) is 0 Å². The summed E-state index contributed by atoms with van der Waals surface area (Å²) in [5.41, 5.74) is 1.44. The lowest BCUT2D eigenvalue weighted by atomic mass is 10.1. The Morgan fingerprint density at radius 1 is 1.06 bits per heavy atom. The van der Waals surface area contributed by atoms with Crippen molar-refractivity contribution in [3.63, 3.8) is 0 Å². The lowest BCUT2D eigenvalue weighted by molar-refractivity contribution is 0.0729. The highest BCUT2D eigenvalue weighted by Crippen LogP contribution is 2.30. The molecular formula is C14H12O4. The highest BCUT2D eigenvalue weighted by Gasteiger charge is 2.11. The summed E-state index contributed by atoms with van der Waals surface area (Å²) in [6, 6.07) is 10.7. The first-order valence-electron chi connectivity index (χ1n) is 5.37. The van der Waals surface area contributed by atoms with Gasteiger partial charge < -0.3 is 14.9 Å². The molecule has 0 aliphatic rings. The third-order valence-corrected chi connectivity index (χ3v) is 2.43. The fourth-order valence-electron chi connectivity index (χ4n) is 1.44. The number of esters is 1. The van der Waals surface area contributed by atoms with Gasteiger partial charge in [0.25, 0.3) is 0 Å². The molecule has 0 amide bonds. The molecule has 2 rings (SSSR count). The molecule has 0 spiro atoms. The van der Waals surface area contributed by atoms with Crippen molar-refractivity contribution in [2.45, 2.75) is 6.92 Å². The Hall–Kier alpha value is -2.49. The minimum absolute atomic E-state index is 0.0124. The second kappa shape index (κ2) is 4.79. The van der Waals surface area contributed by atoms with Crippen molar-refractivity contribution in [1.82, 2.24) is 0 Å². The molecule has 0 fully saturated rings. The van der Waals surface area contributed by atoms with Crippen LogP contribution in [0.1, 0.15) is 15.9 Å². The SMILES string of the molecule is Cc1ccc(C(=O)Oc2ccc(O)cc2O)cc1. The Balaban J connectivity index is 2.18. The van der Waals surface area contributed by atoms with E-state index in [0.29, 0.717) is 5.56 Å². The molecule has 0 bridgehead atoms. The Kier molecular flexibility index (Phi) is 3.19. The number of hydrogen-bond acceptors (Lipinski definition) is 4. The van der Waals surface area contributed by atoms with Crippen LogP contribution in [0, 0.1) is 6.92 Å². The van der Waals surface area contributed by atoms with Crippen LogP contribution in [0.4, 0.5) is 0 Å². The molecule has 0 aromatic heterocycles. The van der Waals surface area contributed by atoms with Gasteiger partial charge in [-0.1, -0.05) is 17.7 Å². The fourth-order valence-corrected chi connectivity index (χ4v) is 1.44. The summed E-state index contributed by atoms with van der Waals surface area (Å²) >= 11 is 0. The minimum Gasteiger partial charge on any atom is -0.508 e. The third-order valence-electron chi connectivity index (χ3n) is 2.43. The Morgan fingerprint density at radius 3 is 2.33 bits per heavy atom. The van der Waals surface area contributed by atoms with Gasteiger partial charge in [0.1, 0.15) is 5.75 Å². The van der Waals surface area contributed by atoms with Gasteiger partial charge in [-0.2, -0.15) is 0 Å². The molecule has 18 heavy (non-hydrogen) atoms. The number of aromatic hydroxyl groups is 2. The average molecular weight is 244 g/mol. The maximum absolute atomic E-state index is 11.8. The van der Waals surface area contributed by atoms with Crippen LogP contribution < -0.4 is 4.74 Å². The molecule has 4 heteroatoms. The van der Waals surface area contributed by atoms with E-state index >= 15 is 0 Å². The van der Waals surface area contributed by atoms with Crippen molar-refractivity contribution in [2.24, 2.45) is 0 Å². The van der Waals surface area contributed by atoms with Gasteiger partial charge in [-0.25, -0.2) is 4.79 Å². The largest absolute Gasteiger partial charge is 0.508 e. The van der Waals surface area contributed by atoms with E-state index in [2.05, 4.69) is 0 Å². The standard InChI is InChI=1S/C14H12O4/c1-9-2-4-10(5-3-9)14(17)18-13-7-6-11(15)8-12(13)16/h2-8,15-16H,1H3. The van der Waals surface area contributed by atoms with Crippen LogP contribution in [0.15, 0.2) is 42.5 Å². The predicted octanol–water partition coefficient (Wildman–Crippen LogP) is 2.63. The number of benzene rings is 2. The van der Waals surface area contributed by atoms with Crippen LogP contribution in [0.5, 0.6) is 17.2 Å². The molecule has 0 saturated heterocycles. The zero-order valence-electron chi connectivity index (χ0n) is 9.75. The molecular weight excluding hydrogens is 232 g/mol. The van der Waals surface area contributed by atoms with Gasteiger partial charge >= 0.3 is 5.97 Å². The molecule has 2 aromatic rings. The Labute approximate surface area is 104 Å². The van der Waals surface area contributed by atoms with Gasteiger partial charge in [0.2, 0.25) is 0 Å². The molecule has 0 radical (unpaired) electrons. The van der Waals surface area contributed by atoms with Gasteiger partial charge in [-0.3, -0.25) is 0 Å². The van der Waals surface area contributed by atoms with Crippen LogP contribution in [0.25, 0.3) is 0 Å². The topological polar surface area (TPSA) is 66.8 Å². The molecule has 0 unspecified atom stereocenters. The molecule has 0 heterocycles. The summed E-state index contributed by atoms with van der Waals surface area (Å²) in [7, 11) is 0. The van der Waals surface area contributed by atoms with E-state index in [1.54, 1.807) is 24.3 Å². The average Bonchev–Trinajstić information content (AvgIpc) is 2.33. The Morgan fingerprint density at radius 2 is 1.72 bits per heavy atom. The van der Waals surface area contributed by atoms with Gasteiger partial charge in [-0.05, 0) is 31.2 Å². The van der Waals surface area contributed by atoms with Crippen LogP contribution in [-0.4, -0.2) is 16.2 Å². The molecule has 2 aromatic carbocycles. The summed E-state index contributed by atoms with van der Waals surface area (Å²) in [4.78, 5) is 11.8. The van der Waals surface area contributed by atoms with Gasteiger partial charge in [0.05, 0.1) is 5.56 Å². The second-order valence-electron chi connectivity index (χ2n) is 3.91. The molecule has 0 atom stereocenters. The van der Waals surface area contributed by atoms with E-state index in [-0.39, 0.29) is 17.2 Å². The summed E-state index contributed by atoms with van der Waals surface area (Å²) < 4.78 is 5.03. The van der Waals surface area contributed by atoms with E-state index in [4.69, 9.17) is 9.84 Å². The van der Waals surface area contributed by atoms with Crippen molar-refractivity contribution in [1.29, 1.82) is 0 Å². The third kappa shape index (κ3) is 2.60. The van der Waals surface area contributed by atoms with E-state index in [1.165, 1.54) is 12.1 Å². The smallest absolute Gasteiger partial charge is 0.343 e. The number of ether oxygens (including phenoxy) is 1.